The molecule has 0 bridgehead atoms. The van der Waals surface area contributed by atoms with E-state index in [0.29, 0.717) is 24.0 Å². The van der Waals surface area contributed by atoms with Crippen molar-refractivity contribution >= 4 is 0 Å². The Bertz CT molecular complexity index is 310. The summed E-state index contributed by atoms with van der Waals surface area (Å²) in [7, 11) is 3.36. The Labute approximate surface area is 90.1 Å². The number of aryl methyl sites for hydroxylation is 1. The summed E-state index contributed by atoms with van der Waals surface area (Å²) in [5.74, 6) is 0.621. The lowest BCUT2D eigenvalue weighted by Gasteiger charge is -2.15. The van der Waals surface area contributed by atoms with Crippen molar-refractivity contribution in [2.45, 2.75) is 26.0 Å². The van der Waals surface area contributed by atoms with Gasteiger partial charge >= 0.3 is 0 Å². The lowest BCUT2D eigenvalue weighted by molar-refractivity contribution is 0.158. The quantitative estimate of drug-likeness (QED) is 0.746. The van der Waals surface area contributed by atoms with Crippen molar-refractivity contribution in [2.24, 2.45) is 7.05 Å². The van der Waals surface area contributed by atoms with E-state index in [1.54, 1.807) is 25.0 Å². The molecule has 0 aliphatic carbocycles. The van der Waals surface area contributed by atoms with Crippen LogP contribution in [0.2, 0.25) is 0 Å². The first kappa shape index (κ1) is 12.0. The molecule has 0 aromatic carbocycles. The third-order valence-electron chi connectivity index (χ3n) is 2.20. The first-order chi connectivity index (χ1) is 7.06. The van der Waals surface area contributed by atoms with Crippen LogP contribution in [0.5, 0.6) is 5.75 Å². The molecule has 1 rings (SSSR count). The number of methoxy groups -OCH3 is 1. The molecule has 2 N–H and O–H groups in total. The summed E-state index contributed by atoms with van der Waals surface area (Å²) in [6.07, 6.45) is 1.00. The third-order valence-corrected chi connectivity index (χ3v) is 2.20. The van der Waals surface area contributed by atoms with Crippen LogP contribution < -0.4 is 10.1 Å². The van der Waals surface area contributed by atoms with E-state index >= 15 is 0 Å². The highest BCUT2D eigenvalue weighted by molar-refractivity contribution is 5.27. The second kappa shape index (κ2) is 5.14. The normalized spacial score (nSPS) is 13.2. The van der Waals surface area contributed by atoms with Crippen molar-refractivity contribution in [1.82, 2.24) is 15.1 Å². The molecular weight excluding hydrogens is 194 g/mol. The molecule has 0 spiro atoms. The first-order valence-electron chi connectivity index (χ1n) is 5.03. The van der Waals surface area contributed by atoms with Gasteiger partial charge in [0.05, 0.1) is 13.3 Å². The molecule has 1 aromatic rings. The van der Waals surface area contributed by atoms with E-state index in [1.165, 1.54) is 0 Å². The van der Waals surface area contributed by atoms with Gasteiger partial charge in [0.25, 0.3) is 0 Å². The molecule has 0 radical (unpaired) electrons. The second-order valence-electron chi connectivity index (χ2n) is 3.80. The Morgan fingerprint density at radius 3 is 2.80 bits per heavy atom. The molecule has 0 fully saturated rings. The molecule has 5 heteroatoms. The molecule has 0 aliphatic rings. The second-order valence-corrected chi connectivity index (χ2v) is 3.80. The number of aromatic nitrogens is 2. The molecule has 0 saturated heterocycles. The van der Waals surface area contributed by atoms with E-state index in [0.717, 1.165) is 0 Å². The summed E-state index contributed by atoms with van der Waals surface area (Å²) in [5, 5.41) is 17.2. The number of rotatable bonds is 5. The van der Waals surface area contributed by atoms with Gasteiger partial charge in [0.15, 0.2) is 5.75 Å². The SMILES string of the molecule is COc1cnn(C)c1C(O)CNC(C)C. The van der Waals surface area contributed by atoms with Gasteiger partial charge in [-0.25, -0.2) is 0 Å². The molecule has 5 nitrogen and oxygen atoms in total. The number of aliphatic hydroxyl groups excluding tert-OH is 1. The number of nitrogens with one attached hydrogen (secondary N) is 1. The van der Waals surface area contributed by atoms with Gasteiger partial charge in [-0.05, 0) is 0 Å². The summed E-state index contributed by atoms with van der Waals surface area (Å²) in [6.45, 7) is 4.56. The minimum atomic E-state index is -0.602. The maximum Gasteiger partial charge on any atom is 0.162 e. The minimum absolute atomic E-state index is 0.346. The molecule has 0 amide bonds. The van der Waals surface area contributed by atoms with Crippen LogP contribution in [0, 0.1) is 0 Å². The Kier molecular flexibility index (Phi) is 4.11. The fourth-order valence-corrected chi connectivity index (χ4v) is 1.41. The summed E-state index contributed by atoms with van der Waals surface area (Å²) in [6, 6.07) is 0.346. The zero-order chi connectivity index (χ0) is 11.4. The van der Waals surface area contributed by atoms with Gasteiger partial charge in [0, 0.05) is 19.6 Å². The maximum atomic E-state index is 9.95. The largest absolute Gasteiger partial charge is 0.493 e. The Hall–Kier alpha value is -1.07. The van der Waals surface area contributed by atoms with Crippen molar-refractivity contribution < 1.29 is 9.84 Å². The summed E-state index contributed by atoms with van der Waals surface area (Å²) in [4.78, 5) is 0. The van der Waals surface area contributed by atoms with E-state index in [4.69, 9.17) is 4.74 Å². The van der Waals surface area contributed by atoms with Crippen LogP contribution in [0.3, 0.4) is 0 Å². The van der Waals surface area contributed by atoms with Crippen molar-refractivity contribution in [3.8, 4) is 5.75 Å². The van der Waals surface area contributed by atoms with Crippen molar-refractivity contribution in [3.05, 3.63) is 11.9 Å². The van der Waals surface area contributed by atoms with Gasteiger partial charge in [0.2, 0.25) is 0 Å². The van der Waals surface area contributed by atoms with Crippen LogP contribution in [-0.2, 0) is 7.05 Å². The highest BCUT2D eigenvalue weighted by atomic mass is 16.5. The van der Waals surface area contributed by atoms with Gasteiger partial charge in [-0.3, -0.25) is 4.68 Å². The van der Waals surface area contributed by atoms with Gasteiger partial charge in [-0.2, -0.15) is 5.10 Å². The van der Waals surface area contributed by atoms with Crippen molar-refractivity contribution in [2.75, 3.05) is 13.7 Å². The van der Waals surface area contributed by atoms with Crippen molar-refractivity contribution in [1.29, 1.82) is 0 Å². The molecule has 15 heavy (non-hydrogen) atoms. The molecular formula is C10H19N3O2. The number of nitrogens with zero attached hydrogens (tertiary/aromatic N) is 2. The molecule has 1 aromatic heterocycles. The lowest BCUT2D eigenvalue weighted by atomic mass is 10.2. The molecule has 86 valence electrons. The molecule has 1 atom stereocenters. The van der Waals surface area contributed by atoms with E-state index in [9.17, 15) is 5.11 Å². The summed E-state index contributed by atoms with van der Waals surface area (Å²) < 4.78 is 6.75. The van der Waals surface area contributed by atoms with Crippen molar-refractivity contribution in [3.63, 3.8) is 0 Å². The molecule has 0 aliphatic heterocycles. The van der Waals surface area contributed by atoms with Gasteiger partial charge < -0.3 is 15.2 Å². The van der Waals surface area contributed by atoms with E-state index in [1.807, 2.05) is 13.8 Å². The average Bonchev–Trinajstić information content (AvgIpc) is 2.56. The number of ether oxygens (including phenoxy) is 1. The predicted octanol–water partition coefficient (Wildman–Crippen LogP) is 0.460. The zero-order valence-corrected chi connectivity index (χ0v) is 9.69. The Morgan fingerprint density at radius 2 is 2.27 bits per heavy atom. The summed E-state index contributed by atoms with van der Waals surface area (Å²) >= 11 is 0. The van der Waals surface area contributed by atoms with Crippen LogP contribution in [0.1, 0.15) is 25.6 Å². The highest BCUT2D eigenvalue weighted by Crippen LogP contribution is 2.23. The topological polar surface area (TPSA) is 59.3 Å². The molecule has 0 saturated carbocycles. The van der Waals surface area contributed by atoms with E-state index in [-0.39, 0.29) is 0 Å². The Morgan fingerprint density at radius 1 is 1.60 bits per heavy atom. The van der Waals surface area contributed by atoms with Crippen LogP contribution in [-0.4, -0.2) is 34.6 Å². The van der Waals surface area contributed by atoms with Crippen LogP contribution >= 0.6 is 0 Å². The zero-order valence-electron chi connectivity index (χ0n) is 9.69. The van der Waals surface area contributed by atoms with E-state index in [2.05, 4.69) is 10.4 Å². The molecule has 1 heterocycles. The lowest BCUT2D eigenvalue weighted by Crippen LogP contribution is -2.28. The first-order valence-corrected chi connectivity index (χ1v) is 5.03. The average molecular weight is 213 g/mol. The minimum Gasteiger partial charge on any atom is -0.493 e. The highest BCUT2D eigenvalue weighted by Gasteiger charge is 2.18. The maximum absolute atomic E-state index is 9.95. The summed E-state index contributed by atoms with van der Waals surface area (Å²) in [5.41, 5.74) is 0.700. The van der Waals surface area contributed by atoms with Crippen LogP contribution in [0.25, 0.3) is 0 Å². The number of hydrogen-bond donors (Lipinski definition) is 2. The fourth-order valence-electron chi connectivity index (χ4n) is 1.41. The smallest absolute Gasteiger partial charge is 0.162 e. The van der Waals surface area contributed by atoms with Gasteiger partial charge in [-0.15, -0.1) is 0 Å². The monoisotopic (exact) mass is 213 g/mol. The predicted molar refractivity (Wildman–Crippen MR) is 57.9 cm³/mol. The standard InChI is InChI=1S/C10H19N3O2/c1-7(2)11-5-8(14)10-9(15-4)6-12-13(10)3/h6-8,11,14H,5H2,1-4H3. The third kappa shape index (κ3) is 2.94. The molecule has 1 unspecified atom stereocenters. The van der Waals surface area contributed by atoms with Crippen LogP contribution in [0.15, 0.2) is 6.20 Å². The van der Waals surface area contributed by atoms with Gasteiger partial charge in [0.1, 0.15) is 11.8 Å². The van der Waals surface area contributed by atoms with Gasteiger partial charge in [-0.1, -0.05) is 13.8 Å². The Balaban J connectivity index is 2.71. The van der Waals surface area contributed by atoms with Crippen LogP contribution in [0.4, 0.5) is 0 Å². The van der Waals surface area contributed by atoms with E-state index < -0.39 is 6.10 Å². The number of hydrogen-bond acceptors (Lipinski definition) is 4. The fraction of sp³-hybridized carbons (Fsp3) is 0.700. The number of aliphatic hydroxyl groups is 1.